The molecule has 0 aliphatic carbocycles. The molecule has 1 rings (SSSR count). The largest absolute Gasteiger partial charge is 0.487 e. The maximum Gasteiger partial charge on any atom is 0.342 e. The number of rotatable bonds is 3. The molecule has 0 fully saturated rings. The number of methoxy groups -OCH3 is 2. The Morgan fingerprint density at radius 2 is 2.23 bits per heavy atom. The summed E-state index contributed by atoms with van der Waals surface area (Å²) in [5, 5.41) is 0.397. The molecular formula is C8H8O4S. The van der Waals surface area contributed by atoms with Crippen LogP contribution in [0.1, 0.15) is 20.0 Å². The molecule has 0 atom stereocenters. The molecule has 0 saturated heterocycles. The molecule has 0 spiro atoms. The third kappa shape index (κ3) is 1.86. The fraction of sp³-hybridized carbons (Fsp3) is 0.250. The van der Waals surface area contributed by atoms with Crippen molar-refractivity contribution in [2.24, 2.45) is 0 Å². The topological polar surface area (TPSA) is 52.6 Å². The van der Waals surface area contributed by atoms with Crippen molar-refractivity contribution in [1.29, 1.82) is 0 Å². The number of esters is 1. The van der Waals surface area contributed by atoms with Crippen LogP contribution in [0.5, 0.6) is 5.06 Å². The Morgan fingerprint density at radius 1 is 1.54 bits per heavy atom. The van der Waals surface area contributed by atoms with E-state index in [1.165, 1.54) is 20.3 Å². The lowest BCUT2D eigenvalue weighted by molar-refractivity contribution is 0.0598. The number of carbonyl (C=O) groups is 2. The molecule has 70 valence electrons. The van der Waals surface area contributed by atoms with Crippen LogP contribution in [0.2, 0.25) is 0 Å². The van der Waals surface area contributed by atoms with Crippen LogP contribution >= 0.6 is 11.3 Å². The zero-order valence-electron chi connectivity index (χ0n) is 7.20. The molecule has 0 aliphatic heterocycles. The minimum absolute atomic E-state index is 0.289. The fourth-order valence-corrected chi connectivity index (χ4v) is 1.63. The number of carbonyl (C=O) groups excluding carboxylic acids is 2. The number of aldehydes is 1. The summed E-state index contributed by atoms with van der Waals surface area (Å²) in [6, 6.07) is 1.45. The lowest BCUT2D eigenvalue weighted by atomic mass is 10.3. The maximum absolute atomic E-state index is 11.1. The molecule has 0 N–H and O–H groups in total. The molecule has 4 nitrogen and oxygen atoms in total. The summed E-state index contributed by atoms with van der Waals surface area (Å²) in [5.74, 6) is -0.499. The Labute approximate surface area is 79.1 Å². The molecule has 1 heterocycles. The van der Waals surface area contributed by atoms with Crippen LogP contribution in [0.15, 0.2) is 6.07 Å². The third-order valence-corrected chi connectivity index (χ3v) is 2.45. The van der Waals surface area contributed by atoms with Crippen molar-refractivity contribution in [2.75, 3.05) is 14.2 Å². The first-order valence-corrected chi connectivity index (χ1v) is 4.26. The normalized spacial score (nSPS) is 9.38. The van der Waals surface area contributed by atoms with E-state index in [2.05, 4.69) is 4.74 Å². The van der Waals surface area contributed by atoms with Gasteiger partial charge in [0.05, 0.1) is 19.1 Å². The first-order chi connectivity index (χ1) is 6.22. The van der Waals surface area contributed by atoms with Gasteiger partial charge in [-0.2, -0.15) is 0 Å². The summed E-state index contributed by atoms with van der Waals surface area (Å²) < 4.78 is 9.42. The van der Waals surface area contributed by atoms with Gasteiger partial charge in [-0.25, -0.2) is 4.79 Å². The fourth-order valence-electron chi connectivity index (χ4n) is 0.855. The summed E-state index contributed by atoms with van der Waals surface area (Å²) in [6.45, 7) is 0. The van der Waals surface area contributed by atoms with Crippen LogP contribution in [-0.4, -0.2) is 26.5 Å². The zero-order chi connectivity index (χ0) is 9.84. The number of hydrogen-bond donors (Lipinski definition) is 0. The molecule has 0 radical (unpaired) electrons. The highest BCUT2D eigenvalue weighted by Gasteiger charge is 2.16. The minimum Gasteiger partial charge on any atom is -0.487 e. The first-order valence-electron chi connectivity index (χ1n) is 3.44. The molecule has 0 amide bonds. The second-order valence-corrected chi connectivity index (χ2v) is 3.21. The van der Waals surface area contributed by atoms with Crippen molar-refractivity contribution in [2.45, 2.75) is 0 Å². The van der Waals surface area contributed by atoms with E-state index in [0.29, 0.717) is 16.2 Å². The van der Waals surface area contributed by atoms with E-state index in [0.717, 1.165) is 11.3 Å². The van der Waals surface area contributed by atoms with Gasteiger partial charge in [0.25, 0.3) is 0 Å². The van der Waals surface area contributed by atoms with Gasteiger partial charge in [0.2, 0.25) is 0 Å². The summed E-state index contributed by atoms with van der Waals surface area (Å²) in [6.07, 6.45) is 0.666. The summed E-state index contributed by atoms with van der Waals surface area (Å²) in [4.78, 5) is 22.0. The zero-order valence-corrected chi connectivity index (χ0v) is 8.01. The van der Waals surface area contributed by atoms with Crippen molar-refractivity contribution in [3.8, 4) is 5.06 Å². The van der Waals surface area contributed by atoms with E-state index in [9.17, 15) is 9.59 Å². The Balaban J connectivity index is 3.10. The predicted molar refractivity (Wildman–Crippen MR) is 47.6 cm³/mol. The molecular weight excluding hydrogens is 192 g/mol. The van der Waals surface area contributed by atoms with Crippen LogP contribution in [0.4, 0.5) is 0 Å². The van der Waals surface area contributed by atoms with E-state index in [1.54, 1.807) is 0 Å². The quantitative estimate of drug-likeness (QED) is 0.546. The molecule has 5 heteroatoms. The summed E-state index contributed by atoms with van der Waals surface area (Å²) in [7, 11) is 2.72. The predicted octanol–water partition coefficient (Wildman–Crippen LogP) is 1.36. The molecule has 1 aromatic heterocycles. The van der Waals surface area contributed by atoms with Crippen LogP contribution in [-0.2, 0) is 4.74 Å². The second-order valence-electron chi connectivity index (χ2n) is 2.16. The van der Waals surface area contributed by atoms with Gasteiger partial charge in [-0.15, -0.1) is 0 Å². The molecule has 1 aromatic rings. The van der Waals surface area contributed by atoms with Crippen LogP contribution in [0.25, 0.3) is 0 Å². The molecule has 0 saturated carbocycles. The molecule has 0 aromatic carbocycles. The van der Waals surface area contributed by atoms with Crippen LogP contribution in [0, 0.1) is 0 Å². The van der Waals surface area contributed by atoms with Crippen molar-refractivity contribution in [3.05, 3.63) is 16.5 Å². The van der Waals surface area contributed by atoms with E-state index >= 15 is 0 Å². The Kier molecular flexibility index (Phi) is 3.02. The molecule has 13 heavy (non-hydrogen) atoms. The summed E-state index contributed by atoms with van der Waals surface area (Å²) in [5.41, 5.74) is 0.289. The Morgan fingerprint density at radius 3 is 2.69 bits per heavy atom. The van der Waals surface area contributed by atoms with Crippen LogP contribution in [0.3, 0.4) is 0 Å². The highest BCUT2D eigenvalue weighted by Crippen LogP contribution is 2.29. The number of thiophene rings is 1. The average Bonchev–Trinajstić information content (AvgIpc) is 2.59. The van der Waals surface area contributed by atoms with Crippen LogP contribution < -0.4 is 4.74 Å². The lowest BCUT2D eigenvalue weighted by Crippen LogP contribution is -2.00. The van der Waals surface area contributed by atoms with E-state index in [1.807, 2.05) is 0 Å². The third-order valence-electron chi connectivity index (χ3n) is 1.42. The highest BCUT2D eigenvalue weighted by molar-refractivity contribution is 7.15. The smallest absolute Gasteiger partial charge is 0.342 e. The van der Waals surface area contributed by atoms with E-state index in [4.69, 9.17) is 4.74 Å². The van der Waals surface area contributed by atoms with Crippen molar-refractivity contribution in [1.82, 2.24) is 0 Å². The number of hydrogen-bond acceptors (Lipinski definition) is 5. The van der Waals surface area contributed by atoms with Gasteiger partial charge in [0.15, 0.2) is 11.3 Å². The molecule has 0 aliphatic rings. The minimum atomic E-state index is -0.499. The van der Waals surface area contributed by atoms with Crippen molar-refractivity contribution >= 4 is 23.6 Å². The standard InChI is InChI=1S/C8H8O4S/c1-11-7(10)6-3-5(4-9)13-8(6)12-2/h3-4H,1-2H3. The van der Waals surface area contributed by atoms with Gasteiger partial charge >= 0.3 is 5.97 Å². The SMILES string of the molecule is COC(=O)c1cc(C=O)sc1OC. The Bertz CT molecular complexity index is 329. The lowest BCUT2D eigenvalue weighted by Gasteiger charge is -1.98. The monoisotopic (exact) mass is 200 g/mol. The average molecular weight is 200 g/mol. The van der Waals surface area contributed by atoms with Gasteiger partial charge in [0.1, 0.15) is 5.56 Å². The highest BCUT2D eigenvalue weighted by atomic mass is 32.1. The molecule has 0 unspecified atom stereocenters. The van der Waals surface area contributed by atoms with Gasteiger partial charge in [-0.05, 0) is 6.07 Å². The van der Waals surface area contributed by atoms with Crippen molar-refractivity contribution in [3.63, 3.8) is 0 Å². The van der Waals surface area contributed by atoms with E-state index in [-0.39, 0.29) is 5.56 Å². The molecule has 0 bridgehead atoms. The number of ether oxygens (including phenoxy) is 2. The summed E-state index contributed by atoms with van der Waals surface area (Å²) >= 11 is 1.11. The first kappa shape index (κ1) is 9.73. The van der Waals surface area contributed by atoms with Gasteiger partial charge in [-0.3, -0.25) is 4.79 Å². The van der Waals surface area contributed by atoms with E-state index < -0.39 is 5.97 Å². The Hall–Kier alpha value is -1.36. The van der Waals surface area contributed by atoms with Crippen molar-refractivity contribution < 1.29 is 19.1 Å². The second kappa shape index (κ2) is 4.04. The van der Waals surface area contributed by atoms with Gasteiger partial charge < -0.3 is 9.47 Å². The van der Waals surface area contributed by atoms with Gasteiger partial charge in [-0.1, -0.05) is 11.3 Å². The maximum atomic E-state index is 11.1. The van der Waals surface area contributed by atoms with Gasteiger partial charge in [0, 0.05) is 0 Å².